The molecule has 1 aromatic carbocycles. The minimum Gasteiger partial charge on any atom is -0.460 e. The maximum atomic E-state index is 12.0. The Kier molecular flexibility index (Phi) is 6.44. The summed E-state index contributed by atoms with van der Waals surface area (Å²) in [6.07, 6.45) is 1.52. The lowest BCUT2D eigenvalue weighted by Crippen LogP contribution is -3.28. The van der Waals surface area contributed by atoms with Gasteiger partial charge in [0, 0.05) is 10.6 Å². The van der Waals surface area contributed by atoms with Gasteiger partial charge in [-0.15, -0.1) is 0 Å². The molecule has 0 aliphatic carbocycles. The zero-order valence-electron chi connectivity index (χ0n) is 14.9. The third-order valence-corrected chi connectivity index (χ3v) is 4.98. The van der Waals surface area contributed by atoms with Crippen molar-refractivity contribution < 1.29 is 19.0 Å². The van der Waals surface area contributed by atoms with Crippen molar-refractivity contribution in [2.24, 2.45) is 5.10 Å². The Morgan fingerprint density at radius 1 is 1.19 bits per heavy atom. The van der Waals surface area contributed by atoms with Gasteiger partial charge in [-0.3, -0.25) is 4.79 Å². The molecule has 1 amide bonds. The monoisotopic (exact) mass is 376 g/mol. The number of hydrogen-bond acceptors (Lipinski definition) is 3. The second kappa shape index (κ2) is 8.98. The summed E-state index contributed by atoms with van der Waals surface area (Å²) >= 11 is 6.24. The van der Waals surface area contributed by atoms with Crippen LogP contribution in [0, 0.1) is 6.92 Å². The molecule has 6 nitrogen and oxygen atoms in total. The molecule has 0 atom stereocenters. The van der Waals surface area contributed by atoms with E-state index in [4.69, 9.17) is 16.0 Å². The number of amides is 1. The van der Waals surface area contributed by atoms with E-state index < -0.39 is 0 Å². The maximum Gasteiger partial charge on any atom is 0.295 e. The average molecular weight is 377 g/mol. The van der Waals surface area contributed by atoms with Crippen molar-refractivity contribution in [2.45, 2.75) is 13.5 Å². The SMILES string of the molecule is Cc1ccc(C=NNC(=O)C[NH+]2CC[NH+](Cc3ccccc3Cl)CC2)o1. The molecular weight excluding hydrogens is 352 g/mol. The molecule has 0 spiro atoms. The molecule has 1 aliphatic heterocycles. The number of nitrogens with one attached hydrogen (secondary N) is 3. The minimum atomic E-state index is -0.0749. The lowest BCUT2D eigenvalue weighted by atomic mass is 10.2. The molecule has 0 bridgehead atoms. The molecule has 1 aliphatic rings. The van der Waals surface area contributed by atoms with Gasteiger partial charge in [0.1, 0.15) is 44.2 Å². The van der Waals surface area contributed by atoms with E-state index >= 15 is 0 Å². The van der Waals surface area contributed by atoms with Crippen molar-refractivity contribution in [1.82, 2.24) is 5.43 Å². The third kappa shape index (κ3) is 5.42. The zero-order chi connectivity index (χ0) is 18.4. The van der Waals surface area contributed by atoms with Crippen molar-refractivity contribution in [3.63, 3.8) is 0 Å². The molecule has 0 radical (unpaired) electrons. The van der Waals surface area contributed by atoms with Gasteiger partial charge in [0.2, 0.25) is 0 Å². The number of halogens is 1. The van der Waals surface area contributed by atoms with Crippen molar-refractivity contribution in [3.8, 4) is 0 Å². The van der Waals surface area contributed by atoms with E-state index in [1.807, 2.05) is 37.3 Å². The number of piperazine rings is 1. The molecule has 0 unspecified atom stereocenters. The van der Waals surface area contributed by atoms with Gasteiger partial charge >= 0.3 is 0 Å². The van der Waals surface area contributed by atoms with Crippen LogP contribution in [-0.2, 0) is 11.3 Å². The Bertz CT molecular complexity index is 766. The van der Waals surface area contributed by atoms with Crippen molar-refractivity contribution in [3.05, 3.63) is 58.5 Å². The second-order valence-corrected chi connectivity index (χ2v) is 7.09. The Balaban J connectivity index is 1.39. The van der Waals surface area contributed by atoms with Gasteiger partial charge in [0.05, 0.1) is 6.21 Å². The first-order valence-corrected chi connectivity index (χ1v) is 9.27. The van der Waals surface area contributed by atoms with Crippen molar-refractivity contribution in [2.75, 3.05) is 32.7 Å². The maximum absolute atomic E-state index is 12.0. The fourth-order valence-electron chi connectivity index (χ4n) is 3.18. The fraction of sp³-hybridized carbons (Fsp3) is 0.368. The number of nitrogens with zero attached hydrogens (tertiary/aromatic N) is 1. The summed E-state index contributed by atoms with van der Waals surface area (Å²) in [6, 6.07) is 11.7. The van der Waals surface area contributed by atoms with Crippen molar-refractivity contribution >= 4 is 23.7 Å². The van der Waals surface area contributed by atoms with E-state index in [1.165, 1.54) is 21.6 Å². The molecule has 7 heteroatoms. The van der Waals surface area contributed by atoms with Crippen LogP contribution in [0.3, 0.4) is 0 Å². The molecule has 3 N–H and O–H groups in total. The van der Waals surface area contributed by atoms with Gasteiger partial charge in [-0.05, 0) is 25.1 Å². The summed E-state index contributed by atoms with van der Waals surface area (Å²) in [4.78, 5) is 14.8. The van der Waals surface area contributed by atoms with Gasteiger partial charge in [-0.1, -0.05) is 29.8 Å². The Morgan fingerprint density at radius 3 is 2.62 bits per heavy atom. The van der Waals surface area contributed by atoms with Crippen LogP contribution in [0.4, 0.5) is 0 Å². The summed E-state index contributed by atoms with van der Waals surface area (Å²) in [6.45, 7) is 7.24. The number of rotatable bonds is 6. The van der Waals surface area contributed by atoms with Crippen LogP contribution in [0.25, 0.3) is 0 Å². The largest absolute Gasteiger partial charge is 0.460 e. The first-order valence-electron chi connectivity index (χ1n) is 8.89. The summed E-state index contributed by atoms with van der Waals surface area (Å²) < 4.78 is 5.37. The molecule has 138 valence electrons. The van der Waals surface area contributed by atoms with E-state index in [0.29, 0.717) is 12.3 Å². The summed E-state index contributed by atoms with van der Waals surface area (Å²) in [5.41, 5.74) is 3.76. The van der Waals surface area contributed by atoms with Crippen LogP contribution in [0.5, 0.6) is 0 Å². The predicted molar refractivity (Wildman–Crippen MR) is 101 cm³/mol. The highest BCUT2D eigenvalue weighted by atomic mass is 35.5. The van der Waals surface area contributed by atoms with Crippen LogP contribution in [0.15, 0.2) is 45.9 Å². The number of hydrazone groups is 1. The molecule has 1 aromatic heterocycles. The lowest BCUT2D eigenvalue weighted by Gasteiger charge is -2.29. The van der Waals surface area contributed by atoms with E-state index in [0.717, 1.165) is 43.5 Å². The highest BCUT2D eigenvalue weighted by molar-refractivity contribution is 6.31. The van der Waals surface area contributed by atoms with Crippen LogP contribution in [0.1, 0.15) is 17.1 Å². The first-order chi connectivity index (χ1) is 12.6. The summed E-state index contributed by atoms with van der Waals surface area (Å²) in [5.74, 6) is 1.38. The van der Waals surface area contributed by atoms with Crippen LogP contribution >= 0.6 is 11.6 Å². The second-order valence-electron chi connectivity index (χ2n) is 6.69. The number of hydrogen-bond donors (Lipinski definition) is 3. The van der Waals surface area contributed by atoms with E-state index in [2.05, 4.69) is 16.6 Å². The minimum absolute atomic E-state index is 0.0749. The molecular formula is C19H25ClN4O2+2. The van der Waals surface area contributed by atoms with Gasteiger partial charge in [-0.2, -0.15) is 5.10 Å². The topological polar surface area (TPSA) is 63.5 Å². The summed E-state index contributed by atoms with van der Waals surface area (Å²) in [7, 11) is 0. The van der Waals surface area contributed by atoms with Crippen LogP contribution < -0.4 is 15.2 Å². The van der Waals surface area contributed by atoms with Crippen LogP contribution in [0.2, 0.25) is 5.02 Å². The first kappa shape index (κ1) is 18.6. The Morgan fingerprint density at radius 2 is 1.92 bits per heavy atom. The van der Waals surface area contributed by atoms with E-state index in [9.17, 15) is 4.79 Å². The van der Waals surface area contributed by atoms with Crippen LogP contribution in [-0.4, -0.2) is 44.8 Å². The number of furan rings is 1. The molecule has 1 fully saturated rings. The van der Waals surface area contributed by atoms with E-state index in [-0.39, 0.29) is 5.91 Å². The Hall–Kier alpha value is -2.15. The molecule has 0 saturated carbocycles. The smallest absolute Gasteiger partial charge is 0.295 e. The molecule has 2 aromatic rings. The predicted octanol–water partition coefficient (Wildman–Crippen LogP) is -0.325. The highest BCUT2D eigenvalue weighted by Crippen LogP contribution is 2.13. The van der Waals surface area contributed by atoms with Gasteiger partial charge in [-0.25, -0.2) is 5.43 Å². The molecule has 1 saturated heterocycles. The lowest BCUT2D eigenvalue weighted by molar-refractivity contribution is -1.02. The quantitative estimate of drug-likeness (QED) is 0.478. The van der Waals surface area contributed by atoms with Gasteiger partial charge in [0.25, 0.3) is 5.91 Å². The highest BCUT2D eigenvalue weighted by Gasteiger charge is 2.25. The van der Waals surface area contributed by atoms with Gasteiger partial charge < -0.3 is 14.2 Å². The van der Waals surface area contributed by atoms with Crippen molar-refractivity contribution in [1.29, 1.82) is 0 Å². The Labute approximate surface area is 158 Å². The van der Waals surface area contributed by atoms with E-state index in [1.54, 1.807) is 0 Å². The zero-order valence-corrected chi connectivity index (χ0v) is 15.7. The number of benzene rings is 1. The number of aryl methyl sites for hydroxylation is 1. The molecule has 26 heavy (non-hydrogen) atoms. The standard InChI is InChI=1S/C19H23ClN4O2/c1-15-6-7-17(26-15)12-21-22-19(25)14-24-10-8-23(9-11-24)13-16-4-2-3-5-18(16)20/h2-7,12H,8-11,13-14H2,1H3,(H,22,25)/p+2. The van der Waals surface area contributed by atoms with Gasteiger partial charge in [0.15, 0.2) is 6.54 Å². The normalized spacial score (nSPS) is 20.4. The molecule has 2 heterocycles. The molecule has 3 rings (SSSR count). The average Bonchev–Trinajstić information content (AvgIpc) is 3.04. The number of quaternary nitrogens is 2. The number of carbonyl (C=O) groups is 1. The number of carbonyl (C=O) groups excluding carboxylic acids is 1. The summed E-state index contributed by atoms with van der Waals surface area (Å²) in [5, 5.41) is 4.78. The fourth-order valence-corrected chi connectivity index (χ4v) is 3.38. The third-order valence-electron chi connectivity index (χ3n) is 4.62.